The second-order valence-electron chi connectivity index (χ2n) is 5.95. The van der Waals surface area contributed by atoms with Crippen LogP contribution in [-0.4, -0.2) is 25.5 Å². The van der Waals surface area contributed by atoms with Crippen molar-refractivity contribution in [1.82, 2.24) is 14.5 Å². The fourth-order valence-corrected chi connectivity index (χ4v) is 2.97. The van der Waals surface area contributed by atoms with Crippen LogP contribution in [0.1, 0.15) is 10.4 Å². The summed E-state index contributed by atoms with van der Waals surface area (Å²) in [5.74, 6) is -0.586. The second kappa shape index (κ2) is 7.13. The minimum atomic E-state index is -0.467. The van der Waals surface area contributed by atoms with Gasteiger partial charge < -0.3 is 10.4 Å². The maximum Gasteiger partial charge on any atom is 0.267 e. The Morgan fingerprint density at radius 1 is 1.14 bits per heavy atom. The number of carbonyl (C=O) groups is 1. The van der Waals surface area contributed by atoms with Crippen molar-refractivity contribution in [3.8, 4) is 11.4 Å². The minimum absolute atomic E-state index is 0.0613. The number of aromatic nitrogens is 3. The highest BCUT2D eigenvalue weighted by atomic mass is 35.5. The lowest BCUT2D eigenvalue weighted by molar-refractivity contribution is 0.102. The quantitative estimate of drug-likeness (QED) is 0.557. The number of nitrogens with one attached hydrogen (secondary N) is 1. The molecule has 0 aliphatic rings. The number of carbonyl (C=O) groups excluding carboxylic acids is 1. The number of hydrogen-bond acceptors (Lipinski definition) is 5. The molecule has 8 heteroatoms. The summed E-state index contributed by atoms with van der Waals surface area (Å²) in [5.41, 5.74) is 1.25. The summed E-state index contributed by atoms with van der Waals surface area (Å²) in [6, 6.07) is 12.6. The summed E-state index contributed by atoms with van der Waals surface area (Å²) in [5, 5.41) is 12.6. The van der Waals surface area contributed by atoms with Crippen LogP contribution in [0.15, 0.2) is 72.0 Å². The molecule has 0 radical (unpaired) electrons. The number of aromatic hydroxyl groups is 1. The highest BCUT2D eigenvalue weighted by molar-refractivity contribution is 6.32. The Kier molecular flexibility index (Phi) is 4.50. The monoisotopic (exact) mass is 392 g/mol. The van der Waals surface area contributed by atoms with Crippen molar-refractivity contribution in [3.63, 3.8) is 0 Å². The topological polar surface area (TPSA) is 97.1 Å². The zero-order valence-electron chi connectivity index (χ0n) is 14.3. The van der Waals surface area contributed by atoms with E-state index in [4.69, 9.17) is 11.6 Å². The first kappa shape index (κ1) is 17.7. The Bertz CT molecular complexity index is 1260. The summed E-state index contributed by atoms with van der Waals surface area (Å²) in [6.07, 6.45) is 4.58. The van der Waals surface area contributed by atoms with E-state index in [0.717, 1.165) is 0 Å². The lowest BCUT2D eigenvalue weighted by Crippen LogP contribution is -2.21. The standard InChI is InChI=1S/C20H13ClN4O3/c21-14-9-12(6-7-17(14)26)19(27)24-16-5-1-4-15-18(16)20(28)25(11-23-15)13-3-2-8-22-10-13/h1-11,26H,(H,24,27). The van der Waals surface area contributed by atoms with Crippen LogP contribution in [0.4, 0.5) is 5.69 Å². The Morgan fingerprint density at radius 3 is 2.75 bits per heavy atom. The van der Waals surface area contributed by atoms with Crippen LogP contribution in [-0.2, 0) is 0 Å². The second-order valence-corrected chi connectivity index (χ2v) is 6.36. The van der Waals surface area contributed by atoms with Crippen molar-refractivity contribution in [3.05, 3.63) is 88.2 Å². The molecule has 0 unspecified atom stereocenters. The molecule has 0 spiro atoms. The molecule has 0 atom stereocenters. The van der Waals surface area contributed by atoms with E-state index in [1.807, 2.05) is 0 Å². The van der Waals surface area contributed by atoms with Gasteiger partial charge in [0.1, 0.15) is 12.1 Å². The van der Waals surface area contributed by atoms with Crippen molar-refractivity contribution in [2.45, 2.75) is 0 Å². The summed E-state index contributed by atoms with van der Waals surface area (Å²) in [4.78, 5) is 34.0. The van der Waals surface area contributed by atoms with Gasteiger partial charge in [0.25, 0.3) is 11.5 Å². The molecule has 0 aliphatic carbocycles. The number of halogens is 1. The van der Waals surface area contributed by atoms with Crippen molar-refractivity contribution in [2.24, 2.45) is 0 Å². The molecule has 0 saturated carbocycles. The Labute approximate surface area is 163 Å². The number of amides is 1. The Balaban J connectivity index is 1.80. The average Bonchev–Trinajstić information content (AvgIpc) is 2.71. The molecule has 4 aromatic rings. The third kappa shape index (κ3) is 3.19. The molecule has 2 aromatic carbocycles. The third-order valence-electron chi connectivity index (χ3n) is 4.17. The van der Waals surface area contributed by atoms with Gasteiger partial charge in [-0.15, -0.1) is 0 Å². The first-order valence-electron chi connectivity index (χ1n) is 8.25. The van der Waals surface area contributed by atoms with Gasteiger partial charge in [-0.3, -0.25) is 19.1 Å². The molecule has 4 rings (SSSR count). The SMILES string of the molecule is O=C(Nc1cccc2ncn(-c3cccnc3)c(=O)c12)c1ccc(O)c(Cl)c1. The van der Waals surface area contributed by atoms with Gasteiger partial charge in [0, 0.05) is 11.8 Å². The number of nitrogens with zero attached hydrogens (tertiary/aromatic N) is 3. The first-order chi connectivity index (χ1) is 13.5. The van der Waals surface area contributed by atoms with E-state index in [0.29, 0.717) is 16.9 Å². The van der Waals surface area contributed by atoms with Gasteiger partial charge in [0.15, 0.2) is 0 Å². The number of anilines is 1. The van der Waals surface area contributed by atoms with Crippen LogP contribution in [0.25, 0.3) is 16.6 Å². The smallest absolute Gasteiger partial charge is 0.267 e. The predicted octanol–water partition coefficient (Wildman–Crippen LogP) is 3.39. The fourth-order valence-electron chi connectivity index (χ4n) is 2.79. The lowest BCUT2D eigenvalue weighted by atomic mass is 10.1. The summed E-state index contributed by atoms with van der Waals surface area (Å²) < 4.78 is 1.36. The number of phenols is 1. The average molecular weight is 393 g/mol. The zero-order chi connectivity index (χ0) is 19.7. The van der Waals surface area contributed by atoms with Gasteiger partial charge in [-0.1, -0.05) is 17.7 Å². The van der Waals surface area contributed by atoms with Crippen LogP contribution >= 0.6 is 11.6 Å². The van der Waals surface area contributed by atoms with E-state index in [1.165, 1.54) is 29.1 Å². The zero-order valence-corrected chi connectivity index (χ0v) is 15.1. The Morgan fingerprint density at radius 2 is 2.00 bits per heavy atom. The molecule has 0 bridgehead atoms. The van der Waals surface area contributed by atoms with Gasteiger partial charge in [-0.2, -0.15) is 0 Å². The minimum Gasteiger partial charge on any atom is -0.506 e. The molecule has 1 amide bonds. The molecule has 2 aromatic heterocycles. The Hall–Kier alpha value is -3.71. The molecule has 2 heterocycles. The molecule has 2 N–H and O–H groups in total. The van der Waals surface area contributed by atoms with Crippen LogP contribution < -0.4 is 10.9 Å². The van der Waals surface area contributed by atoms with Gasteiger partial charge in [-0.25, -0.2) is 4.98 Å². The maximum absolute atomic E-state index is 13.1. The van der Waals surface area contributed by atoms with Gasteiger partial charge in [0.2, 0.25) is 0 Å². The maximum atomic E-state index is 13.1. The third-order valence-corrected chi connectivity index (χ3v) is 4.47. The van der Waals surface area contributed by atoms with E-state index in [1.54, 1.807) is 42.7 Å². The van der Waals surface area contributed by atoms with Crippen LogP contribution in [0, 0.1) is 0 Å². The number of pyridine rings is 1. The van der Waals surface area contributed by atoms with E-state index in [-0.39, 0.29) is 27.3 Å². The van der Waals surface area contributed by atoms with Crippen LogP contribution in [0.3, 0.4) is 0 Å². The number of hydrogen-bond donors (Lipinski definition) is 2. The molecule has 138 valence electrons. The first-order valence-corrected chi connectivity index (χ1v) is 8.63. The van der Waals surface area contributed by atoms with Gasteiger partial charge in [-0.05, 0) is 42.5 Å². The van der Waals surface area contributed by atoms with E-state index >= 15 is 0 Å². The van der Waals surface area contributed by atoms with E-state index in [2.05, 4.69) is 15.3 Å². The molecule has 7 nitrogen and oxygen atoms in total. The van der Waals surface area contributed by atoms with Crippen molar-refractivity contribution in [1.29, 1.82) is 0 Å². The number of phenolic OH excluding ortho intramolecular Hbond substituents is 1. The van der Waals surface area contributed by atoms with Crippen molar-refractivity contribution in [2.75, 3.05) is 5.32 Å². The highest BCUT2D eigenvalue weighted by Gasteiger charge is 2.14. The molecule has 0 fully saturated rings. The van der Waals surface area contributed by atoms with Crippen molar-refractivity contribution < 1.29 is 9.90 Å². The molecular formula is C20H13ClN4O3. The van der Waals surface area contributed by atoms with Gasteiger partial charge >= 0.3 is 0 Å². The number of fused-ring (bicyclic) bond motifs is 1. The van der Waals surface area contributed by atoms with Crippen LogP contribution in [0.5, 0.6) is 5.75 Å². The summed E-state index contributed by atoms with van der Waals surface area (Å²) in [7, 11) is 0. The number of rotatable bonds is 3. The molecule has 0 aliphatic heterocycles. The lowest BCUT2D eigenvalue weighted by Gasteiger charge is -2.11. The van der Waals surface area contributed by atoms with E-state index < -0.39 is 5.91 Å². The molecule has 28 heavy (non-hydrogen) atoms. The highest BCUT2D eigenvalue weighted by Crippen LogP contribution is 2.25. The van der Waals surface area contributed by atoms with E-state index in [9.17, 15) is 14.7 Å². The molecule has 0 saturated heterocycles. The predicted molar refractivity (Wildman–Crippen MR) is 106 cm³/mol. The van der Waals surface area contributed by atoms with Gasteiger partial charge in [0.05, 0.1) is 33.5 Å². The fraction of sp³-hybridized carbons (Fsp3) is 0. The summed E-state index contributed by atoms with van der Waals surface area (Å²) >= 11 is 5.87. The molecular weight excluding hydrogens is 380 g/mol. The normalized spacial score (nSPS) is 10.8. The summed E-state index contributed by atoms with van der Waals surface area (Å²) in [6.45, 7) is 0. The van der Waals surface area contributed by atoms with Crippen molar-refractivity contribution >= 4 is 34.1 Å². The largest absolute Gasteiger partial charge is 0.506 e. The van der Waals surface area contributed by atoms with Crippen LogP contribution in [0.2, 0.25) is 5.02 Å². The number of benzene rings is 2.